The van der Waals surface area contributed by atoms with Gasteiger partial charge in [0.05, 0.1) is 18.2 Å². The van der Waals surface area contributed by atoms with Gasteiger partial charge in [-0.1, -0.05) is 25.0 Å². The molecule has 0 saturated carbocycles. The fourth-order valence-corrected chi connectivity index (χ4v) is 3.58. The lowest BCUT2D eigenvalue weighted by atomic mass is 10.0. The molecule has 0 bridgehead atoms. The van der Waals surface area contributed by atoms with Crippen molar-refractivity contribution in [1.82, 2.24) is 4.90 Å². The number of carbonyl (C=O) groups excluding carboxylic acids is 2. The van der Waals surface area contributed by atoms with Crippen molar-refractivity contribution in [2.45, 2.75) is 31.7 Å². The average Bonchev–Trinajstić information content (AvgIpc) is 3.01. The molecule has 3 rings (SSSR count). The van der Waals surface area contributed by atoms with E-state index in [1.54, 1.807) is 48.5 Å². The largest absolute Gasteiger partial charge is 0.370 e. The third-order valence-corrected chi connectivity index (χ3v) is 5.20. The molecule has 30 heavy (non-hydrogen) atoms. The molecule has 1 aliphatic rings. The molecular formula is C23H27N5O2. The van der Waals surface area contributed by atoms with Crippen LogP contribution in [0.25, 0.3) is 0 Å². The number of rotatable bonds is 7. The van der Waals surface area contributed by atoms with Gasteiger partial charge >= 0.3 is 0 Å². The lowest BCUT2D eigenvalue weighted by Gasteiger charge is -2.19. The minimum absolute atomic E-state index is 0.0230. The summed E-state index contributed by atoms with van der Waals surface area (Å²) in [6.45, 7) is 2.35. The van der Waals surface area contributed by atoms with Crippen molar-refractivity contribution in [2.75, 3.05) is 30.3 Å². The van der Waals surface area contributed by atoms with E-state index < -0.39 is 11.9 Å². The van der Waals surface area contributed by atoms with Gasteiger partial charge in [0.25, 0.3) is 0 Å². The monoisotopic (exact) mass is 405 g/mol. The van der Waals surface area contributed by atoms with Crippen LogP contribution in [-0.4, -0.2) is 36.3 Å². The molecule has 1 atom stereocenters. The van der Waals surface area contributed by atoms with Gasteiger partial charge in [0, 0.05) is 11.4 Å². The molecule has 1 saturated heterocycles. The number of likely N-dealkylation sites (tertiary alicyclic amines) is 1. The Morgan fingerprint density at radius 3 is 2.13 bits per heavy atom. The summed E-state index contributed by atoms with van der Waals surface area (Å²) in [5.74, 6) is -0.542. The molecule has 1 unspecified atom stereocenters. The maximum Gasteiger partial charge on any atom is 0.244 e. The predicted molar refractivity (Wildman–Crippen MR) is 117 cm³/mol. The van der Waals surface area contributed by atoms with Crippen molar-refractivity contribution >= 4 is 23.2 Å². The Kier molecular flexibility index (Phi) is 7.41. The molecule has 1 fully saturated rings. The predicted octanol–water partition coefficient (Wildman–Crippen LogP) is 3.01. The third-order valence-electron chi connectivity index (χ3n) is 5.20. The Morgan fingerprint density at radius 2 is 1.57 bits per heavy atom. The van der Waals surface area contributed by atoms with Crippen LogP contribution in [0.3, 0.4) is 0 Å². The minimum atomic E-state index is -0.721. The van der Waals surface area contributed by atoms with Crippen LogP contribution < -0.4 is 16.4 Å². The van der Waals surface area contributed by atoms with Crippen molar-refractivity contribution in [3.63, 3.8) is 0 Å². The molecule has 1 aliphatic heterocycles. The number of benzene rings is 2. The summed E-state index contributed by atoms with van der Waals surface area (Å²) in [5.41, 5.74) is 8.15. The average molecular weight is 406 g/mol. The summed E-state index contributed by atoms with van der Waals surface area (Å²) in [6.07, 6.45) is 4.77. The molecule has 2 aromatic carbocycles. The van der Waals surface area contributed by atoms with E-state index in [1.165, 1.54) is 12.8 Å². The number of nitrogens with zero attached hydrogens (tertiary/aromatic N) is 2. The molecular weight excluding hydrogens is 378 g/mol. The number of carbonyl (C=O) groups is 2. The number of amides is 2. The maximum absolute atomic E-state index is 12.3. The van der Waals surface area contributed by atoms with Gasteiger partial charge in [-0.15, -0.1) is 0 Å². The van der Waals surface area contributed by atoms with Crippen LogP contribution in [0.5, 0.6) is 0 Å². The highest BCUT2D eigenvalue weighted by Gasteiger charge is 2.18. The highest BCUT2D eigenvalue weighted by Crippen LogP contribution is 2.22. The number of anilines is 2. The van der Waals surface area contributed by atoms with E-state index in [-0.39, 0.29) is 5.91 Å². The van der Waals surface area contributed by atoms with Gasteiger partial charge in [-0.2, -0.15) is 5.26 Å². The molecule has 0 radical (unpaired) electrons. The van der Waals surface area contributed by atoms with E-state index in [0.29, 0.717) is 29.0 Å². The van der Waals surface area contributed by atoms with Crippen LogP contribution in [-0.2, 0) is 9.59 Å². The Labute approximate surface area is 176 Å². The number of hydrogen-bond donors (Lipinski definition) is 3. The molecule has 4 N–H and O–H groups in total. The Bertz CT molecular complexity index is 895. The molecule has 0 spiro atoms. The third kappa shape index (κ3) is 6.06. The first-order valence-electron chi connectivity index (χ1n) is 10.2. The highest BCUT2D eigenvalue weighted by molar-refractivity contribution is 5.92. The fraction of sp³-hybridized carbons (Fsp3) is 0.348. The van der Waals surface area contributed by atoms with E-state index in [0.717, 1.165) is 25.9 Å². The normalized spacial score (nSPS) is 15.4. The molecule has 2 aromatic rings. The topological polar surface area (TPSA) is 111 Å². The lowest BCUT2D eigenvalue weighted by Crippen LogP contribution is -2.33. The molecule has 156 valence electrons. The minimum Gasteiger partial charge on any atom is -0.370 e. The Morgan fingerprint density at radius 1 is 0.967 bits per heavy atom. The maximum atomic E-state index is 12.3. The van der Waals surface area contributed by atoms with Gasteiger partial charge in [-0.05, 0) is 67.9 Å². The van der Waals surface area contributed by atoms with E-state index in [2.05, 4.69) is 15.5 Å². The van der Waals surface area contributed by atoms with Gasteiger partial charge in [-0.25, -0.2) is 0 Å². The second kappa shape index (κ2) is 10.4. The quantitative estimate of drug-likeness (QED) is 0.656. The Balaban J connectivity index is 1.58. The molecule has 0 aromatic heterocycles. The van der Waals surface area contributed by atoms with Crippen molar-refractivity contribution in [3.8, 4) is 6.07 Å². The van der Waals surface area contributed by atoms with Crippen molar-refractivity contribution < 1.29 is 9.59 Å². The van der Waals surface area contributed by atoms with Crippen molar-refractivity contribution in [1.29, 1.82) is 5.26 Å². The van der Waals surface area contributed by atoms with E-state index >= 15 is 0 Å². The number of primary amides is 1. The van der Waals surface area contributed by atoms with E-state index in [1.807, 2.05) is 6.07 Å². The van der Waals surface area contributed by atoms with Gasteiger partial charge in [-0.3, -0.25) is 14.5 Å². The molecule has 1 heterocycles. The first kappa shape index (κ1) is 21.3. The van der Waals surface area contributed by atoms with Crippen LogP contribution in [0, 0.1) is 11.3 Å². The molecule has 7 nitrogen and oxygen atoms in total. The van der Waals surface area contributed by atoms with Crippen LogP contribution in [0.4, 0.5) is 11.4 Å². The first-order chi connectivity index (χ1) is 14.5. The number of hydrogen-bond acceptors (Lipinski definition) is 5. The van der Waals surface area contributed by atoms with Crippen molar-refractivity contribution in [2.24, 2.45) is 5.73 Å². The van der Waals surface area contributed by atoms with E-state index in [4.69, 9.17) is 11.0 Å². The van der Waals surface area contributed by atoms with Gasteiger partial charge in [0.15, 0.2) is 0 Å². The van der Waals surface area contributed by atoms with Gasteiger partial charge in [0.2, 0.25) is 11.8 Å². The highest BCUT2D eigenvalue weighted by atomic mass is 16.2. The zero-order valence-electron chi connectivity index (χ0n) is 16.9. The smallest absolute Gasteiger partial charge is 0.244 e. The number of nitrogens with one attached hydrogen (secondary N) is 2. The second-order valence-electron chi connectivity index (χ2n) is 7.53. The second-order valence-corrected chi connectivity index (χ2v) is 7.53. The van der Waals surface area contributed by atoms with Crippen LogP contribution >= 0.6 is 0 Å². The number of nitrogens with two attached hydrogens (primary N) is 1. The zero-order chi connectivity index (χ0) is 21.3. The summed E-state index contributed by atoms with van der Waals surface area (Å²) < 4.78 is 0. The van der Waals surface area contributed by atoms with Crippen LogP contribution in [0.15, 0.2) is 48.5 Å². The molecule has 2 amide bonds. The summed E-state index contributed by atoms with van der Waals surface area (Å²) in [4.78, 5) is 26.4. The van der Waals surface area contributed by atoms with E-state index in [9.17, 15) is 9.59 Å². The van der Waals surface area contributed by atoms with Gasteiger partial charge in [0.1, 0.15) is 6.04 Å². The number of nitriles is 1. The zero-order valence-corrected chi connectivity index (χ0v) is 16.9. The lowest BCUT2D eigenvalue weighted by molar-refractivity contribution is -0.119. The molecule has 0 aliphatic carbocycles. The summed E-state index contributed by atoms with van der Waals surface area (Å²) >= 11 is 0. The standard InChI is InChI=1S/C23H27N5O2/c24-15-17-5-7-18(8-6-17)22(23(25)30)27-20-11-9-19(10-12-20)26-21(29)16-28-13-3-1-2-4-14-28/h5-12,22,27H,1-4,13-14,16H2,(H2,25,30)(H,26,29). The fourth-order valence-electron chi connectivity index (χ4n) is 3.58. The van der Waals surface area contributed by atoms with Crippen LogP contribution in [0.1, 0.15) is 42.9 Å². The van der Waals surface area contributed by atoms with Crippen molar-refractivity contribution in [3.05, 3.63) is 59.7 Å². The summed E-state index contributed by atoms with van der Waals surface area (Å²) in [6, 6.07) is 15.2. The van der Waals surface area contributed by atoms with Crippen LogP contribution in [0.2, 0.25) is 0 Å². The first-order valence-corrected chi connectivity index (χ1v) is 10.2. The Hall–Kier alpha value is -3.37. The molecule has 7 heteroatoms. The summed E-state index contributed by atoms with van der Waals surface area (Å²) in [5, 5.41) is 14.9. The summed E-state index contributed by atoms with van der Waals surface area (Å²) in [7, 11) is 0. The van der Waals surface area contributed by atoms with Gasteiger partial charge < -0.3 is 16.4 Å². The SMILES string of the molecule is N#Cc1ccc(C(Nc2ccc(NC(=O)CN3CCCCCC3)cc2)C(N)=O)cc1.